The maximum atomic E-state index is 5.73. The molecule has 1 heterocycles. The summed E-state index contributed by atoms with van der Waals surface area (Å²) in [5, 5.41) is 0. The molecule has 0 spiro atoms. The van der Waals surface area contributed by atoms with E-state index in [-0.39, 0.29) is 0 Å². The van der Waals surface area contributed by atoms with Crippen molar-refractivity contribution in [3.63, 3.8) is 0 Å². The molecule has 1 aromatic heterocycles. The molecule has 3 nitrogen and oxygen atoms in total. The third-order valence-electron chi connectivity index (χ3n) is 1.63. The van der Waals surface area contributed by atoms with Crippen LogP contribution in [0.1, 0.15) is 19.5 Å². The maximum absolute atomic E-state index is 5.73. The van der Waals surface area contributed by atoms with E-state index < -0.39 is 0 Å². The molecule has 1 aromatic rings. The van der Waals surface area contributed by atoms with Gasteiger partial charge < -0.3 is 11.5 Å². The SMILES string of the molecule is CC(C)Cc1ncc(N)cc1N. The van der Waals surface area contributed by atoms with Crippen LogP contribution in [0.2, 0.25) is 0 Å². The zero-order chi connectivity index (χ0) is 9.14. The monoisotopic (exact) mass is 165 g/mol. The van der Waals surface area contributed by atoms with Crippen molar-refractivity contribution in [2.24, 2.45) is 5.92 Å². The Labute approximate surface area is 72.8 Å². The molecule has 0 aliphatic carbocycles. The topological polar surface area (TPSA) is 64.9 Å². The van der Waals surface area contributed by atoms with Gasteiger partial charge in [-0.1, -0.05) is 13.8 Å². The van der Waals surface area contributed by atoms with Gasteiger partial charge in [0.05, 0.1) is 23.3 Å². The number of hydrogen-bond donors (Lipinski definition) is 2. The molecule has 4 N–H and O–H groups in total. The Hall–Kier alpha value is -1.25. The molecule has 0 saturated carbocycles. The lowest BCUT2D eigenvalue weighted by Crippen LogP contribution is -2.03. The molecule has 0 radical (unpaired) electrons. The van der Waals surface area contributed by atoms with Crippen LogP contribution in [0.15, 0.2) is 12.3 Å². The van der Waals surface area contributed by atoms with Gasteiger partial charge in [-0.25, -0.2) is 0 Å². The largest absolute Gasteiger partial charge is 0.397 e. The number of nitrogen functional groups attached to an aromatic ring is 2. The van der Waals surface area contributed by atoms with E-state index in [0.717, 1.165) is 12.1 Å². The quantitative estimate of drug-likeness (QED) is 0.697. The van der Waals surface area contributed by atoms with Crippen LogP contribution in [0.3, 0.4) is 0 Å². The number of rotatable bonds is 2. The normalized spacial score (nSPS) is 10.6. The minimum Gasteiger partial charge on any atom is -0.397 e. The lowest BCUT2D eigenvalue weighted by Gasteiger charge is -2.07. The number of hydrogen-bond acceptors (Lipinski definition) is 3. The van der Waals surface area contributed by atoms with Crippen LogP contribution in [0.25, 0.3) is 0 Å². The lowest BCUT2D eigenvalue weighted by molar-refractivity contribution is 0.637. The van der Waals surface area contributed by atoms with E-state index in [0.29, 0.717) is 17.3 Å². The maximum Gasteiger partial charge on any atom is 0.0636 e. The number of nitrogens with zero attached hydrogens (tertiary/aromatic N) is 1. The van der Waals surface area contributed by atoms with Crippen LogP contribution in [0.5, 0.6) is 0 Å². The molecular formula is C9H15N3. The molecule has 0 unspecified atom stereocenters. The van der Waals surface area contributed by atoms with E-state index in [1.807, 2.05) is 0 Å². The Bertz CT molecular complexity index is 268. The Balaban J connectivity index is 2.86. The summed E-state index contributed by atoms with van der Waals surface area (Å²) in [5.74, 6) is 0.573. The Morgan fingerprint density at radius 1 is 1.42 bits per heavy atom. The zero-order valence-corrected chi connectivity index (χ0v) is 7.54. The van der Waals surface area contributed by atoms with E-state index in [9.17, 15) is 0 Å². The van der Waals surface area contributed by atoms with E-state index in [4.69, 9.17) is 11.5 Å². The fourth-order valence-corrected chi connectivity index (χ4v) is 1.08. The Morgan fingerprint density at radius 3 is 2.58 bits per heavy atom. The van der Waals surface area contributed by atoms with Gasteiger partial charge in [-0.05, 0) is 18.4 Å². The summed E-state index contributed by atoms with van der Waals surface area (Å²) in [6, 6.07) is 1.75. The lowest BCUT2D eigenvalue weighted by atomic mass is 10.1. The predicted octanol–water partition coefficient (Wildman–Crippen LogP) is 1.44. The standard InChI is InChI=1S/C9H15N3/c1-6(2)3-9-8(11)4-7(10)5-12-9/h4-6H,3,10-11H2,1-2H3. The van der Waals surface area contributed by atoms with E-state index in [2.05, 4.69) is 18.8 Å². The summed E-state index contributed by atoms with van der Waals surface area (Å²) in [4.78, 5) is 4.17. The molecule has 12 heavy (non-hydrogen) atoms. The molecule has 0 aliphatic heterocycles. The molecule has 1 rings (SSSR count). The zero-order valence-electron chi connectivity index (χ0n) is 7.54. The second-order valence-corrected chi connectivity index (χ2v) is 3.40. The van der Waals surface area contributed by atoms with Gasteiger partial charge in [0, 0.05) is 0 Å². The highest BCUT2D eigenvalue weighted by Crippen LogP contribution is 2.15. The van der Waals surface area contributed by atoms with Crippen LogP contribution in [-0.2, 0) is 6.42 Å². The third kappa shape index (κ3) is 2.12. The average molecular weight is 165 g/mol. The second-order valence-electron chi connectivity index (χ2n) is 3.40. The van der Waals surface area contributed by atoms with Gasteiger partial charge in [0.1, 0.15) is 0 Å². The molecule has 3 heteroatoms. The molecule has 0 aliphatic rings. The first-order valence-electron chi connectivity index (χ1n) is 4.09. The van der Waals surface area contributed by atoms with Crippen molar-refractivity contribution in [2.75, 3.05) is 11.5 Å². The van der Waals surface area contributed by atoms with Crippen LogP contribution < -0.4 is 11.5 Å². The highest BCUT2D eigenvalue weighted by Gasteiger charge is 2.03. The van der Waals surface area contributed by atoms with Gasteiger partial charge in [-0.2, -0.15) is 0 Å². The van der Waals surface area contributed by atoms with Crippen LogP contribution >= 0.6 is 0 Å². The minimum absolute atomic E-state index is 0.573. The Kier molecular flexibility index (Phi) is 2.53. The van der Waals surface area contributed by atoms with E-state index in [1.54, 1.807) is 12.3 Å². The van der Waals surface area contributed by atoms with Crippen molar-refractivity contribution in [3.05, 3.63) is 18.0 Å². The smallest absolute Gasteiger partial charge is 0.0636 e. The molecular weight excluding hydrogens is 150 g/mol. The van der Waals surface area contributed by atoms with Crippen molar-refractivity contribution in [1.82, 2.24) is 4.98 Å². The molecule has 0 fully saturated rings. The van der Waals surface area contributed by atoms with Gasteiger partial charge in [-0.15, -0.1) is 0 Å². The van der Waals surface area contributed by atoms with Crippen molar-refractivity contribution < 1.29 is 0 Å². The molecule has 66 valence electrons. The first-order valence-corrected chi connectivity index (χ1v) is 4.09. The first-order chi connectivity index (χ1) is 5.59. The molecule has 0 bridgehead atoms. The van der Waals surface area contributed by atoms with Crippen LogP contribution in [0.4, 0.5) is 11.4 Å². The highest BCUT2D eigenvalue weighted by molar-refractivity contribution is 5.52. The van der Waals surface area contributed by atoms with Crippen LogP contribution in [0, 0.1) is 5.92 Å². The number of anilines is 2. The van der Waals surface area contributed by atoms with Crippen molar-refractivity contribution in [1.29, 1.82) is 0 Å². The fraction of sp³-hybridized carbons (Fsp3) is 0.444. The molecule has 0 aromatic carbocycles. The molecule has 0 atom stereocenters. The van der Waals surface area contributed by atoms with Crippen molar-refractivity contribution >= 4 is 11.4 Å². The summed E-state index contributed by atoms with van der Waals surface area (Å²) in [6.45, 7) is 4.27. The average Bonchev–Trinajstić information content (AvgIpc) is 1.94. The molecule has 0 saturated heterocycles. The summed E-state index contributed by atoms with van der Waals surface area (Å²) in [7, 11) is 0. The highest BCUT2D eigenvalue weighted by atomic mass is 14.8. The summed E-state index contributed by atoms with van der Waals surface area (Å²) >= 11 is 0. The number of aromatic nitrogens is 1. The van der Waals surface area contributed by atoms with Crippen molar-refractivity contribution in [2.45, 2.75) is 20.3 Å². The van der Waals surface area contributed by atoms with Gasteiger partial charge in [0.15, 0.2) is 0 Å². The summed E-state index contributed by atoms with van der Waals surface area (Å²) < 4.78 is 0. The van der Waals surface area contributed by atoms with E-state index >= 15 is 0 Å². The second kappa shape index (κ2) is 3.43. The van der Waals surface area contributed by atoms with Gasteiger partial charge in [-0.3, -0.25) is 4.98 Å². The first kappa shape index (κ1) is 8.84. The summed E-state index contributed by atoms with van der Waals surface area (Å²) in [6.07, 6.45) is 2.56. The predicted molar refractivity (Wildman–Crippen MR) is 51.6 cm³/mol. The van der Waals surface area contributed by atoms with Gasteiger partial charge in [0.25, 0.3) is 0 Å². The molecule has 0 amide bonds. The minimum atomic E-state index is 0.573. The van der Waals surface area contributed by atoms with Gasteiger partial charge >= 0.3 is 0 Å². The fourth-order valence-electron chi connectivity index (χ4n) is 1.08. The third-order valence-corrected chi connectivity index (χ3v) is 1.63. The van der Waals surface area contributed by atoms with Crippen LogP contribution in [-0.4, -0.2) is 4.98 Å². The number of nitrogens with two attached hydrogens (primary N) is 2. The number of pyridine rings is 1. The van der Waals surface area contributed by atoms with E-state index in [1.165, 1.54) is 0 Å². The Morgan fingerprint density at radius 2 is 2.08 bits per heavy atom. The van der Waals surface area contributed by atoms with Gasteiger partial charge in [0.2, 0.25) is 0 Å². The van der Waals surface area contributed by atoms with Crippen molar-refractivity contribution in [3.8, 4) is 0 Å². The summed E-state index contributed by atoms with van der Waals surface area (Å²) in [5.41, 5.74) is 13.5.